The van der Waals surface area contributed by atoms with E-state index in [0.29, 0.717) is 6.42 Å². The van der Waals surface area contributed by atoms with E-state index < -0.39 is 48.8 Å². The molecule has 0 rings (SSSR count). The SMILES string of the molecule is CCCOC(=O)C(CCC(=O)[O-])NC(=O)C(F)(F)C(F)(F)F. The lowest BCUT2D eigenvalue weighted by molar-refractivity contribution is -0.305. The molecule has 22 heavy (non-hydrogen) atoms. The highest BCUT2D eigenvalue weighted by molar-refractivity contribution is 5.89. The second kappa shape index (κ2) is 7.90. The summed E-state index contributed by atoms with van der Waals surface area (Å²) >= 11 is 0. The number of hydrogen-bond acceptors (Lipinski definition) is 5. The Hall–Kier alpha value is -1.94. The molecule has 6 nitrogen and oxygen atoms in total. The average Bonchev–Trinajstić information content (AvgIpc) is 2.38. The fourth-order valence-corrected chi connectivity index (χ4v) is 1.19. The second-order valence-electron chi connectivity index (χ2n) is 4.18. The lowest BCUT2D eigenvalue weighted by Gasteiger charge is -2.23. The van der Waals surface area contributed by atoms with Gasteiger partial charge in [0.25, 0.3) is 0 Å². The van der Waals surface area contributed by atoms with Gasteiger partial charge in [0.2, 0.25) is 0 Å². The van der Waals surface area contributed by atoms with Crippen molar-refractivity contribution in [2.45, 2.75) is 44.3 Å². The van der Waals surface area contributed by atoms with Gasteiger partial charge in [0.15, 0.2) is 0 Å². The smallest absolute Gasteiger partial charge is 0.463 e. The van der Waals surface area contributed by atoms with E-state index >= 15 is 0 Å². The first-order chi connectivity index (χ1) is 9.93. The van der Waals surface area contributed by atoms with Crippen LogP contribution in [0.1, 0.15) is 26.2 Å². The van der Waals surface area contributed by atoms with Crippen molar-refractivity contribution >= 4 is 17.8 Å². The predicted octanol–water partition coefficient (Wildman–Crippen LogP) is 0.152. The quantitative estimate of drug-likeness (QED) is 0.504. The van der Waals surface area contributed by atoms with Gasteiger partial charge in [-0.25, -0.2) is 4.79 Å². The van der Waals surface area contributed by atoms with Crippen molar-refractivity contribution in [3.8, 4) is 0 Å². The molecule has 1 amide bonds. The van der Waals surface area contributed by atoms with Crippen molar-refractivity contribution < 1.29 is 46.2 Å². The number of esters is 1. The van der Waals surface area contributed by atoms with Gasteiger partial charge in [0, 0.05) is 5.97 Å². The molecule has 0 aliphatic carbocycles. The maximum atomic E-state index is 12.8. The van der Waals surface area contributed by atoms with Gasteiger partial charge in [-0.05, 0) is 19.3 Å². The number of carbonyl (C=O) groups excluding carboxylic acids is 3. The average molecular weight is 334 g/mol. The minimum Gasteiger partial charge on any atom is -0.550 e. The number of rotatable bonds is 8. The molecule has 128 valence electrons. The molecule has 0 fully saturated rings. The van der Waals surface area contributed by atoms with Gasteiger partial charge in [0.05, 0.1) is 6.61 Å². The lowest BCUT2D eigenvalue weighted by Crippen LogP contribution is -2.55. The number of carboxylic acid groups (broad SMARTS) is 1. The summed E-state index contributed by atoms with van der Waals surface area (Å²) in [4.78, 5) is 32.7. The summed E-state index contributed by atoms with van der Waals surface area (Å²) in [6, 6.07) is -1.95. The van der Waals surface area contributed by atoms with Gasteiger partial charge in [0.1, 0.15) is 6.04 Å². The Kier molecular flexibility index (Phi) is 7.20. The third-order valence-electron chi connectivity index (χ3n) is 2.32. The van der Waals surface area contributed by atoms with Crippen LogP contribution in [0.4, 0.5) is 22.0 Å². The number of amides is 1. The van der Waals surface area contributed by atoms with Crippen LogP contribution in [0.3, 0.4) is 0 Å². The highest BCUT2D eigenvalue weighted by atomic mass is 19.4. The zero-order valence-corrected chi connectivity index (χ0v) is 11.3. The molecule has 1 unspecified atom stereocenters. The van der Waals surface area contributed by atoms with E-state index in [9.17, 15) is 41.4 Å². The van der Waals surface area contributed by atoms with Crippen LogP contribution in [0.25, 0.3) is 0 Å². The number of carboxylic acids is 1. The minimum atomic E-state index is -6.15. The topological polar surface area (TPSA) is 95.5 Å². The number of nitrogens with one attached hydrogen (secondary N) is 1. The molecule has 0 aliphatic heterocycles. The third-order valence-corrected chi connectivity index (χ3v) is 2.32. The number of carbonyl (C=O) groups is 3. The Morgan fingerprint density at radius 3 is 2.14 bits per heavy atom. The van der Waals surface area contributed by atoms with Crippen molar-refractivity contribution in [2.75, 3.05) is 6.61 Å². The van der Waals surface area contributed by atoms with Gasteiger partial charge in [-0.3, -0.25) is 4.79 Å². The molecule has 0 bridgehead atoms. The molecule has 1 N–H and O–H groups in total. The van der Waals surface area contributed by atoms with Gasteiger partial charge in [-0.15, -0.1) is 0 Å². The first-order valence-corrected chi connectivity index (χ1v) is 6.05. The van der Waals surface area contributed by atoms with E-state index in [2.05, 4.69) is 4.74 Å². The molecule has 0 radical (unpaired) electrons. The Balaban J connectivity index is 4.99. The number of hydrogen-bond donors (Lipinski definition) is 1. The molecule has 0 aromatic carbocycles. The maximum absolute atomic E-state index is 12.8. The summed E-state index contributed by atoms with van der Waals surface area (Å²) < 4.78 is 66.1. The van der Waals surface area contributed by atoms with Crippen molar-refractivity contribution in [1.82, 2.24) is 5.32 Å². The third kappa shape index (κ3) is 5.82. The van der Waals surface area contributed by atoms with Gasteiger partial charge in [-0.2, -0.15) is 22.0 Å². The Morgan fingerprint density at radius 2 is 1.73 bits per heavy atom. The maximum Gasteiger partial charge on any atom is 0.463 e. The fraction of sp³-hybridized carbons (Fsp3) is 0.727. The summed E-state index contributed by atoms with van der Waals surface area (Å²) in [6.45, 7) is 1.41. The van der Waals surface area contributed by atoms with Crippen LogP contribution >= 0.6 is 0 Å². The molecule has 0 saturated carbocycles. The monoisotopic (exact) mass is 334 g/mol. The summed E-state index contributed by atoms with van der Waals surface area (Å²) in [6.07, 6.45) is -7.41. The lowest BCUT2D eigenvalue weighted by atomic mass is 10.1. The van der Waals surface area contributed by atoms with Crippen LogP contribution < -0.4 is 10.4 Å². The Labute approximate surface area is 121 Å². The Morgan fingerprint density at radius 1 is 1.18 bits per heavy atom. The molecule has 0 saturated heterocycles. The molecule has 0 heterocycles. The van der Waals surface area contributed by atoms with Crippen LogP contribution in [0.5, 0.6) is 0 Å². The largest absolute Gasteiger partial charge is 0.550 e. The van der Waals surface area contributed by atoms with E-state index in [4.69, 9.17) is 0 Å². The molecule has 0 aromatic heterocycles. The molecule has 11 heteroatoms. The summed E-state index contributed by atoms with van der Waals surface area (Å²) in [7, 11) is 0. The fourth-order valence-electron chi connectivity index (χ4n) is 1.19. The predicted molar refractivity (Wildman–Crippen MR) is 58.4 cm³/mol. The van der Waals surface area contributed by atoms with Crippen LogP contribution in [-0.4, -0.2) is 42.6 Å². The van der Waals surface area contributed by atoms with E-state index in [0.717, 1.165) is 5.32 Å². The van der Waals surface area contributed by atoms with E-state index in [1.54, 1.807) is 6.92 Å². The summed E-state index contributed by atoms with van der Waals surface area (Å²) in [5.41, 5.74) is 0. The second-order valence-corrected chi connectivity index (χ2v) is 4.18. The first-order valence-electron chi connectivity index (χ1n) is 6.05. The number of ether oxygens (including phenoxy) is 1. The molecular formula is C11H13F5NO5-. The van der Waals surface area contributed by atoms with E-state index in [-0.39, 0.29) is 6.61 Å². The van der Waals surface area contributed by atoms with Crippen molar-refractivity contribution in [2.24, 2.45) is 0 Å². The number of alkyl halides is 5. The van der Waals surface area contributed by atoms with Crippen LogP contribution in [0.2, 0.25) is 0 Å². The molecular weight excluding hydrogens is 321 g/mol. The zero-order valence-electron chi connectivity index (χ0n) is 11.3. The standard InChI is InChI=1S/C11H14F5NO5/c1-2-5-22-8(20)6(3-4-7(18)19)17-9(21)10(12,13)11(14,15)16/h6H,2-5H2,1H3,(H,17,21)(H,18,19)/p-1. The summed E-state index contributed by atoms with van der Waals surface area (Å²) in [5.74, 6) is -11.5. The van der Waals surface area contributed by atoms with Crippen molar-refractivity contribution in [1.29, 1.82) is 0 Å². The normalized spacial score (nSPS) is 13.4. The van der Waals surface area contributed by atoms with Crippen molar-refractivity contribution in [3.63, 3.8) is 0 Å². The number of halogens is 5. The highest BCUT2D eigenvalue weighted by Gasteiger charge is 2.63. The Bertz CT molecular complexity index is 424. The molecule has 1 atom stereocenters. The van der Waals surface area contributed by atoms with Crippen LogP contribution in [-0.2, 0) is 19.1 Å². The van der Waals surface area contributed by atoms with Crippen molar-refractivity contribution in [3.05, 3.63) is 0 Å². The zero-order chi connectivity index (χ0) is 17.6. The minimum absolute atomic E-state index is 0.174. The van der Waals surface area contributed by atoms with E-state index in [1.165, 1.54) is 0 Å². The number of aliphatic carboxylic acids is 1. The van der Waals surface area contributed by atoms with Gasteiger partial charge >= 0.3 is 24.0 Å². The first kappa shape index (κ1) is 20.1. The van der Waals surface area contributed by atoms with Gasteiger partial charge in [-0.1, -0.05) is 6.92 Å². The molecule has 0 aromatic rings. The van der Waals surface area contributed by atoms with Crippen LogP contribution in [0, 0.1) is 0 Å². The highest BCUT2D eigenvalue weighted by Crippen LogP contribution is 2.35. The molecule has 0 spiro atoms. The van der Waals surface area contributed by atoms with E-state index in [1.807, 2.05) is 0 Å². The molecule has 0 aliphatic rings. The van der Waals surface area contributed by atoms with Gasteiger partial charge < -0.3 is 20.0 Å². The van der Waals surface area contributed by atoms with Crippen LogP contribution in [0.15, 0.2) is 0 Å². The summed E-state index contributed by atoms with van der Waals surface area (Å²) in [5, 5.41) is 11.4.